The molecular weight excluding hydrogens is 344 g/mol. The van der Waals surface area contributed by atoms with Gasteiger partial charge in [0, 0.05) is 31.5 Å². The van der Waals surface area contributed by atoms with Gasteiger partial charge in [0.15, 0.2) is 0 Å². The fourth-order valence-electron chi connectivity index (χ4n) is 2.96. The van der Waals surface area contributed by atoms with E-state index in [9.17, 15) is 13.2 Å². The number of likely N-dealkylation sites (tertiary alicyclic amines) is 1. The minimum absolute atomic E-state index is 0.0450. The Bertz CT molecular complexity index is 835. The van der Waals surface area contributed by atoms with Gasteiger partial charge in [-0.1, -0.05) is 35.5 Å². The Hall–Kier alpha value is -2.26. The van der Waals surface area contributed by atoms with Crippen LogP contribution in [0.4, 0.5) is 0 Å². The predicted octanol–water partition coefficient (Wildman–Crippen LogP) is 0.806. The van der Waals surface area contributed by atoms with E-state index in [0.29, 0.717) is 37.6 Å². The standard InChI is InChI=1S/C16H20N4O4S/c17-25(22,23)11-12-8-9-20(10-12)15(21)7-6-14-18-16(19-24-14)13-4-2-1-3-5-13/h1-5,12H,6-11H2,(H2,17,22,23)/t12-/m0/s1. The van der Waals surface area contributed by atoms with Crippen molar-refractivity contribution in [1.29, 1.82) is 0 Å². The highest BCUT2D eigenvalue weighted by atomic mass is 32.2. The molecule has 1 aromatic heterocycles. The van der Waals surface area contributed by atoms with Gasteiger partial charge in [0.05, 0.1) is 5.75 Å². The molecule has 1 atom stereocenters. The summed E-state index contributed by atoms with van der Waals surface area (Å²) in [7, 11) is -3.51. The molecule has 9 heteroatoms. The number of carbonyl (C=O) groups excluding carboxylic acids is 1. The minimum Gasteiger partial charge on any atom is -0.342 e. The molecule has 0 radical (unpaired) electrons. The molecular formula is C16H20N4O4S. The summed E-state index contributed by atoms with van der Waals surface area (Å²) >= 11 is 0. The van der Waals surface area contributed by atoms with Gasteiger partial charge in [0.25, 0.3) is 0 Å². The van der Waals surface area contributed by atoms with Crippen LogP contribution in [0.1, 0.15) is 18.7 Å². The molecule has 25 heavy (non-hydrogen) atoms. The molecule has 0 spiro atoms. The molecule has 0 unspecified atom stereocenters. The van der Waals surface area contributed by atoms with Gasteiger partial charge in [0.1, 0.15) is 0 Å². The Kier molecular flexibility index (Phi) is 5.14. The van der Waals surface area contributed by atoms with Crippen molar-refractivity contribution in [3.63, 3.8) is 0 Å². The molecule has 3 rings (SSSR count). The summed E-state index contributed by atoms with van der Waals surface area (Å²) in [6.07, 6.45) is 1.26. The molecule has 1 aromatic carbocycles. The smallest absolute Gasteiger partial charge is 0.227 e. The first-order chi connectivity index (χ1) is 11.9. The average molecular weight is 364 g/mol. The highest BCUT2D eigenvalue weighted by Gasteiger charge is 2.28. The third-order valence-corrected chi connectivity index (χ3v) is 5.10. The molecule has 0 saturated carbocycles. The Labute approximate surface area is 146 Å². The number of hydrogen-bond acceptors (Lipinski definition) is 6. The van der Waals surface area contributed by atoms with Gasteiger partial charge < -0.3 is 9.42 Å². The molecule has 134 valence electrons. The third kappa shape index (κ3) is 4.86. The summed E-state index contributed by atoms with van der Waals surface area (Å²) < 4.78 is 27.5. The van der Waals surface area contributed by atoms with Gasteiger partial charge in [-0.25, -0.2) is 13.6 Å². The van der Waals surface area contributed by atoms with Crippen molar-refractivity contribution in [1.82, 2.24) is 15.0 Å². The summed E-state index contributed by atoms with van der Waals surface area (Å²) in [5.74, 6) is 0.689. The van der Waals surface area contributed by atoms with E-state index >= 15 is 0 Å². The quantitative estimate of drug-likeness (QED) is 0.810. The van der Waals surface area contributed by atoms with Crippen LogP contribution < -0.4 is 5.14 Å². The van der Waals surface area contributed by atoms with Gasteiger partial charge in [-0.2, -0.15) is 4.98 Å². The van der Waals surface area contributed by atoms with Crippen molar-refractivity contribution in [2.75, 3.05) is 18.8 Å². The monoisotopic (exact) mass is 364 g/mol. The molecule has 1 fully saturated rings. The van der Waals surface area contributed by atoms with Crippen LogP contribution in [-0.4, -0.2) is 48.2 Å². The number of benzene rings is 1. The Morgan fingerprint density at radius 3 is 2.80 bits per heavy atom. The van der Waals surface area contributed by atoms with Crippen molar-refractivity contribution in [2.45, 2.75) is 19.3 Å². The molecule has 1 saturated heterocycles. The van der Waals surface area contributed by atoms with Crippen molar-refractivity contribution in [3.8, 4) is 11.4 Å². The summed E-state index contributed by atoms with van der Waals surface area (Å²) in [4.78, 5) is 18.2. The van der Waals surface area contributed by atoms with Crippen LogP contribution in [0, 0.1) is 5.92 Å². The highest BCUT2D eigenvalue weighted by molar-refractivity contribution is 7.89. The largest absolute Gasteiger partial charge is 0.342 e. The maximum Gasteiger partial charge on any atom is 0.227 e. The molecule has 0 aliphatic carbocycles. The van der Waals surface area contributed by atoms with E-state index in [1.165, 1.54) is 0 Å². The summed E-state index contributed by atoms with van der Waals surface area (Å²) in [6, 6.07) is 9.45. The first-order valence-corrected chi connectivity index (χ1v) is 9.78. The molecule has 1 aliphatic heterocycles. The Balaban J connectivity index is 1.51. The predicted molar refractivity (Wildman–Crippen MR) is 90.7 cm³/mol. The van der Waals surface area contributed by atoms with Crippen LogP contribution in [0.3, 0.4) is 0 Å². The molecule has 1 amide bonds. The van der Waals surface area contributed by atoms with E-state index in [2.05, 4.69) is 10.1 Å². The van der Waals surface area contributed by atoms with E-state index < -0.39 is 10.0 Å². The van der Waals surface area contributed by atoms with Crippen molar-refractivity contribution in [2.24, 2.45) is 11.1 Å². The number of nitrogens with two attached hydrogens (primary N) is 1. The minimum atomic E-state index is -3.51. The maximum atomic E-state index is 12.3. The zero-order valence-electron chi connectivity index (χ0n) is 13.7. The van der Waals surface area contributed by atoms with E-state index in [1.807, 2.05) is 30.3 Å². The summed E-state index contributed by atoms with van der Waals surface area (Å²) in [5.41, 5.74) is 0.856. The van der Waals surface area contributed by atoms with Gasteiger partial charge >= 0.3 is 0 Å². The zero-order valence-corrected chi connectivity index (χ0v) is 14.5. The number of aryl methyl sites for hydroxylation is 1. The van der Waals surface area contributed by atoms with Gasteiger partial charge in [-0.05, 0) is 12.3 Å². The fourth-order valence-corrected chi connectivity index (χ4v) is 3.89. The SMILES string of the molecule is NS(=O)(=O)C[C@H]1CCN(C(=O)CCc2nc(-c3ccccc3)no2)C1. The van der Waals surface area contributed by atoms with Gasteiger partial charge in [-0.15, -0.1) is 0 Å². The van der Waals surface area contributed by atoms with E-state index in [0.717, 1.165) is 5.56 Å². The molecule has 0 bridgehead atoms. The van der Waals surface area contributed by atoms with Crippen molar-refractivity contribution < 1.29 is 17.7 Å². The normalized spacial score (nSPS) is 17.8. The second-order valence-electron chi connectivity index (χ2n) is 6.20. The second kappa shape index (κ2) is 7.32. The molecule has 2 heterocycles. The van der Waals surface area contributed by atoms with Crippen LogP contribution >= 0.6 is 0 Å². The molecule has 1 aliphatic rings. The number of primary sulfonamides is 1. The number of rotatable bonds is 6. The van der Waals surface area contributed by atoms with Crippen LogP contribution in [0.15, 0.2) is 34.9 Å². The molecule has 2 N–H and O–H groups in total. The number of carbonyl (C=O) groups is 1. The first-order valence-electron chi connectivity index (χ1n) is 8.07. The van der Waals surface area contributed by atoms with Crippen LogP contribution in [-0.2, 0) is 21.2 Å². The second-order valence-corrected chi connectivity index (χ2v) is 7.86. The maximum absolute atomic E-state index is 12.3. The van der Waals surface area contributed by atoms with E-state index in [1.54, 1.807) is 4.90 Å². The number of hydrogen-bond donors (Lipinski definition) is 1. The lowest BCUT2D eigenvalue weighted by atomic mass is 10.2. The highest BCUT2D eigenvalue weighted by Crippen LogP contribution is 2.19. The summed E-state index contributed by atoms with van der Waals surface area (Å²) in [5, 5.41) is 8.99. The van der Waals surface area contributed by atoms with Gasteiger partial charge in [0.2, 0.25) is 27.6 Å². The average Bonchev–Trinajstić information content (AvgIpc) is 3.21. The fraction of sp³-hybridized carbons (Fsp3) is 0.438. The molecule has 2 aromatic rings. The zero-order chi connectivity index (χ0) is 17.9. The van der Waals surface area contributed by atoms with Gasteiger partial charge in [-0.3, -0.25) is 4.79 Å². The number of aromatic nitrogens is 2. The lowest BCUT2D eigenvalue weighted by Gasteiger charge is -2.15. The van der Waals surface area contributed by atoms with E-state index in [-0.39, 0.29) is 24.0 Å². The van der Waals surface area contributed by atoms with Crippen LogP contribution in [0.5, 0.6) is 0 Å². The Morgan fingerprint density at radius 2 is 2.08 bits per heavy atom. The lowest BCUT2D eigenvalue weighted by Crippen LogP contribution is -2.31. The Morgan fingerprint density at radius 1 is 1.32 bits per heavy atom. The van der Waals surface area contributed by atoms with Crippen molar-refractivity contribution >= 4 is 15.9 Å². The molecule has 8 nitrogen and oxygen atoms in total. The van der Waals surface area contributed by atoms with E-state index in [4.69, 9.17) is 9.66 Å². The first kappa shape index (κ1) is 17.6. The van der Waals surface area contributed by atoms with Crippen molar-refractivity contribution in [3.05, 3.63) is 36.2 Å². The third-order valence-electron chi connectivity index (χ3n) is 4.16. The number of nitrogens with zero attached hydrogens (tertiary/aromatic N) is 3. The topological polar surface area (TPSA) is 119 Å². The summed E-state index contributed by atoms with van der Waals surface area (Å²) in [6.45, 7) is 0.979. The number of sulfonamides is 1. The van der Waals surface area contributed by atoms with Crippen LogP contribution in [0.25, 0.3) is 11.4 Å². The number of amides is 1. The van der Waals surface area contributed by atoms with Crippen LogP contribution in [0.2, 0.25) is 0 Å². The lowest BCUT2D eigenvalue weighted by molar-refractivity contribution is -0.130.